The van der Waals surface area contributed by atoms with E-state index in [1.165, 1.54) is 42.7 Å². The van der Waals surface area contributed by atoms with E-state index in [9.17, 15) is 26.4 Å². The highest BCUT2D eigenvalue weighted by Crippen LogP contribution is 2.40. The molecule has 0 fully saturated rings. The highest BCUT2D eigenvalue weighted by Gasteiger charge is 2.38. The summed E-state index contributed by atoms with van der Waals surface area (Å²) in [5, 5.41) is 0. The fraction of sp³-hybridized carbons (Fsp3) is 0.0741. The van der Waals surface area contributed by atoms with Crippen molar-refractivity contribution in [3.8, 4) is 11.5 Å². The molecule has 3 aromatic carbocycles. The maximum atomic E-state index is 13.5. The third kappa shape index (κ3) is 4.46. The topological polar surface area (TPSA) is 134 Å². The molecule has 0 saturated carbocycles. The van der Waals surface area contributed by atoms with E-state index in [0.717, 1.165) is 23.3 Å². The second-order valence-corrected chi connectivity index (χ2v) is 11.7. The van der Waals surface area contributed by atoms with Gasteiger partial charge in [-0.05, 0) is 56.3 Å². The van der Waals surface area contributed by atoms with E-state index >= 15 is 0 Å². The van der Waals surface area contributed by atoms with Crippen LogP contribution in [-0.2, 0) is 20.2 Å². The van der Waals surface area contributed by atoms with E-state index in [-0.39, 0.29) is 20.9 Å². The summed E-state index contributed by atoms with van der Waals surface area (Å²) in [5.74, 6) is -2.41. The van der Waals surface area contributed by atoms with Gasteiger partial charge in [0.2, 0.25) is 0 Å². The number of ketones is 2. The Labute approximate surface area is 218 Å². The van der Waals surface area contributed by atoms with Crippen LogP contribution >= 0.6 is 0 Å². The Kier molecular flexibility index (Phi) is 6.12. The highest BCUT2D eigenvalue weighted by molar-refractivity contribution is 7.87. The third-order valence-corrected chi connectivity index (χ3v) is 8.41. The predicted molar refractivity (Wildman–Crippen MR) is 136 cm³/mol. The molecule has 0 saturated heterocycles. The second-order valence-electron chi connectivity index (χ2n) is 8.59. The first kappa shape index (κ1) is 25.3. The molecule has 0 amide bonds. The van der Waals surface area contributed by atoms with Crippen molar-refractivity contribution < 1.29 is 34.8 Å². The molecule has 0 spiro atoms. The van der Waals surface area contributed by atoms with E-state index in [1.54, 1.807) is 38.1 Å². The SMILES string of the molecule is Cc1ccc(S(=O)(=O)Oc2ccc(OS(=O)(=O)c3ccc(C)cc3)c3c2C(=O)c2ccncc2C3=O)cc1. The summed E-state index contributed by atoms with van der Waals surface area (Å²) in [6, 6.07) is 15.2. The van der Waals surface area contributed by atoms with E-state index in [4.69, 9.17) is 8.37 Å². The average Bonchev–Trinajstić information content (AvgIpc) is 2.88. The Balaban J connectivity index is 1.66. The van der Waals surface area contributed by atoms with Gasteiger partial charge in [-0.1, -0.05) is 35.4 Å². The van der Waals surface area contributed by atoms with Crippen LogP contribution in [0.25, 0.3) is 0 Å². The van der Waals surface area contributed by atoms with Crippen LogP contribution in [0.15, 0.2) is 88.9 Å². The van der Waals surface area contributed by atoms with Crippen molar-refractivity contribution >= 4 is 31.8 Å². The molecule has 9 nitrogen and oxygen atoms in total. The molecule has 0 N–H and O–H groups in total. The van der Waals surface area contributed by atoms with Crippen LogP contribution in [0.2, 0.25) is 0 Å². The lowest BCUT2D eigenvalue weighted by Crippen LogP contribution is -2.25. The number of rotatable bonds is 6. The molecule has 1 aliphatic rings. The minimum atomic E-state index is -4.42. The van der Waals surface area contributed by atoms with Crippen LogP contribution in [0.5, 0.6) is 11.5 Å². The maximum Gasteiger partial charge on any atom is 0.339 e. The highest BCUT2D eigenvalue weighted by atomic mass is 32.2. The van der Waals surface area contributed by atoms with E-state index in [2.05, 4.69) is 4.98 Å². The van der Waals surface area contributed by atoms with Gasteiger partial charge in [-0.3, -0.25) is 14.6 Å². The van der Waals surface area contributed by atoms with Crippen molar-refractivity contribution in [3.63, 3.8) is 0 Å². The lowest BCUT2D eigenvalue weighted by atomic mass is 9.84. The number of hydrogen-bond donors (Lipinski definition) is 0. The molecule has 5 rings (SSSR count). The van der Waals surface area contributed by atoms with Gasteiger partial charge in [0.1, 0.15) is 9.79 Å². The lowest BCUT2D eigenvalue weighted by molar-refractivity contribution is 0.0975. The zero-order chi connectivity index (χ0) is 27.2. The van der Waals surface area contributed by atoms with Crippen molar-refractivity contribution in [2.45, 2.75) is 23.6 Å². The van der Waals surface area contributed by atoms with Gasteiger partial charge in [-0.2, -0.15) is 16.8 Å². The number of benzene rings is 3. The Hall–Kier alpha value is -4.35. The van der Waals surface area contributed by atoms with Gasteiger partial charge in [-0.15, -0.1) is 0 Å². The first-order valence-electron chi connectivity index (χ1n) is 11.2. The molecule has 1 aromatic heterocycles. The number of nitrogens with zero attached hydrogens (tertiary/aromatic N) is 1. The van der Waals surface area contributed by atoms with Gasteiger partial charge in [0.25, 0.3) is 0 Å². The summed E-state index contributed by atoms with van der Waals surface area (Å²) >= 11 is 0. The molecule has 4 aromatic rings. The molecule has 0 bridgehead atoms. The quantitative estimate of drug-likeness (QED) is 0.288. The van der Waals surface area contributed by atoms with Crippen molar-refractivity contribution in [2.75, 3.05) is 0 Å². The van der Waals surface area contributed by atoms with E-state index in [1.807, 2.05) is 0 Å². The minimum absolute atomic E-state index is 0.0337. The summed E-state index contributed by atoms with van der Waals surface area (Å²) in [5.41, 5.74) is 0.657. The Bertz CT molecular complexity index is 1690. The van der Waals surface area contributed by atoms with Crippen molar-refractivity contribution in [3.05, 3.63) is 113 Å². The average molecular weight is 550 g/mol. The fourth-order valence-electron chi connectivity index (χ4n) is 3.94. The first-order valence-corrected chi connectivity index (χ1v) is 14.0. The molecule has 11 heteroatoms. The van der Waals surface area contributed by atoms with Gasteiger partial charge >= 0.3 is 20.2 Å². The maximum absolute atomic E-state index is 13.5. The summed E-state index contributed by atoms with van der Waals surface area (Å²) in [7, 11) is -8.83. The Morgan fingerprint density at radius 1 is 0.579 bits per heavy atom. The van der Waals surface area contributed by atoms with Crippen LogP contribution in [0.1, 0.15) is 43.0 Å². The molecule has 0 atom stereocenters. The monoisotopic (exact) mass is 549 g/mol. The lowest BCUT2D eigenvalue weighted by Gasteiger charge is -2.22. The summed E-state index contributed by atoms with van der Waals surface area (Å²) in [4.78, 5) is 30.5. The minimum Gasteiger partial charge on any atom is -0.378 e. The first-order chi connectivity index (χ1) is 18.0. The number of carbonyl (C=O) groups excluding carboxylic acids is 2. The van der Waals surface area contributed by atoms with Crippen LogP contribution in [-0.4, -0.2) is 33.4 Å². The number of aromatic nitrogens is 1. The smallest absolute Gasteiger partial charge is 0.339 e. The largest absolute Gasteiger partial charge is 0.378 e. The van der Waals surface area contributed by atoms with Crippen molar-refractivity contribution in [2.24, 2.45) is 0 Å². The van der Waals surface area contributed by atoms with Crippen LogP contribution in [0, 0.1) is 13.8 Å². The Morgan fingerprint density at radius 3 is 1.45 bits per heavy atom. The van der Waals surface area contributed by atoms with Crippen molar-refractivity contribution in [1.82, 2.24) is 4.98 Å². The van der Waals surface area contributed by atoms with Crippen LogP contribution in [0.3, 0.4) is 0 Å². The third-order valence-electron chi connectivity index (χ3n) is 5.91. The zero-order valence-corrected chi connectivity index (χ0v) is 21.7. The number of fused-ring (bicyclic) bond motifs is 2. The summed E-state index contributed by atoms with van der Waals surface area (Å²) in [6.07, 6.45) is 2.48. The predicted octanol–water partition coefficient (Wildman–Crippen LogP) is 4.01. The van der Waals surface area contributed by atoms with Crippen LogP contribution in [0.4, 0.5) is 0 Å². The van der Waals surface area contributed by atoms with E-state index in [0.29, 0.717) is 0 Å². The van der Waals surface area contributed by atoms with E-state index < -0.39 is 54.4 Å². The number of carbonyl (C=O) groups is 2. The van der Waals surface area contributed by atoms with Gasteiger partial charge in [0, 0.05) is 18.0 Å². The standard InChI is InChI=1S/C27H19NO8S2/c1-16-3-7-18(8-4-16)37(31,32)35-22-11-12-23(36-38(33,34)19-9-5-17(2)6-10-19)25-24(22)26(29)20-13-14-28-15-21(20)27(25)30/h3-15H,1-2H3. The van der Waals surface area contributed by atoms with Gasteiger partial charge in [0.05, 0.1) is 16.7 Å². The fourth-order valence-corrected chi connectivity index (χ4v) is 5.82. The number of hydrogen-bond acceptors (Lipinski definition) is 9. The molecule has 0 aliphatic heterocycles. The number of pyridine rings is 1. The van der Waals surface area contributed by atoms with Gasteiger partial charge < -0.3 is 8.37 Å². The molecular formula is C27H19NO8S2. The normalized spacial score (nSPS) is 13.0. The molecule has 1 heterocycles. The van der Waals surface area contributed by atoms with Crippen molar-refractivity contribution in [1.29, 1.82) is 0 Å². The zero-order valence-electron chi connectivity index (χ0n) is 20.0. The molecular weight excluding hydrogens is 530 g/mol. The van der Waals surface area contributed by atoms with Gasteiger partial charge in [0.15, 0.2) is 23.1 Å². The molecule has 192 valence electrons. The second kappa shape index (κ2) is 9.19. The van der Waals surface area contributed by atoms with Crippen LogP contribution < -0.4 is 8.37 Å². The summed E-state index contributed by atoms with van der Waals surface area (Å²) in [6.45, 7) is 3.57. The molecule has 1 aliphatic carbocycles. The molecule has 0 unspecified atom stereocenters. The molecule has 0 radical (unpaired) electrons. The number of aryl methyl sites for hydroxylation is 2. The summed E-state index contributed by atoms with van der Waals surface area (Å²) < 4.78 is 62.6. The molecule has 38 heavy (non-hydrogen) atoms. The van der Waals surface area contributed by atoms with Gasteiger partial charge in [-0.25, -0.2) is 0 Å². The Morgan fingerprint density at radius 2 is 1.00 bits per heavy atom.